The number of fused-ring (bicyclic) bond motifs is 3. The number of nitrogens with zero attached hydrogens (tertiary/aromatic N) is 1. The maximum absolute atomic E-state index is 12.8. The first kappa shape index (κ1) is 16.3. The molecule has 0 saturated heterocycles. The first-order valence-electron chi connectivity index (χ1n) is 8.88. The second-order valence-corrected chi connectivity index (χ2v) is 6.49. The SMILES string of the molecule is O=C(NCCc1ccccc1)c1ccc2n(c1=O)CCc1ccccc1-2. The molecule has 1 N–H and O–H groups in total. The Kier molecular flexibility index (Phi) is 4.40. The highest BCUT2D eigenvalue weighted by Crippen LogP contribution is 2.27. The fourth-order valence-electron chi connectivity index (χ4n) is 3.49. The van der Waals surface area contributed by atoms with E-state index < -0.39 is 0 Å². The number of aromatic nitrogens is 1. The number of carbonyl (C=O) groups is 1. The van der Waals surface area contributed by atoms with E-state index in [-0.39, 0.29) is 17.0 Å². The van der Waals surface area contributed by atoms with Crippen LogP contribution in [0.5, 0.6) is 0 Å². The molecule has 4 heteroatoms. The third-order valence-corrected chi connectivity index (χ3v) is 4.86. The summed E-state index contributed by atoms with van der Waals surface area (Å²) in [6.45, 7) is 1.11. The molecule has 1 aromatic heterocycles. The second-order valence-electron chi connectivity index (χ2n) is 6.49. The van der Waals surface area contributed by atoms with Crippen LogP contribution >= 0.6 is 0 Å². The lowest BCUT2D eigenvalue weighted by Gasteiger charge is -2.22. The van der Waals surface area contributed by atoms with E-state index in [1.165, 1.54) is 5.56 Å². The van der Waals surface area contributed by atoms with Crippen LogP contribution in [0.2, 0.25) is 0 Å². The lowest BCUT2D eigenvalue weighted by atomic mass is 9.97. The van der Waals surface area contributed by atoms with Gasteiger partial charge in [-0.25, -0.2) is 0 Å². The molecule has 0 aliphatic carbocycles. The van der Waals surface area contributed by atoms with Gasteiger partial charge in [-0.15, -0.1) is 0 Å². The van der Waals surface area contributed by atoms with Crippen molar-refractivity contribution in [2.24, 2.45) is 0 Å². The average molecular weight is 344 g/mol. The number of carbonyl (C=O) groups excluding carboxylic acids is 1. The lowest BCUT2D eigenvalue weighted by molar-refractivity contribution is 0.0952. The molecule has 0 fully saturated rings. The zero-order chi connectivity index (χ0) is 17.9. The Balaban J connectivity index is 1.53. The van der Waals surface area contributed by atoms with E-state index >= 15 is 0 Å². The summed E-state index contributed by atoms with van der Waals surface area (Å²) in [6.07, 6.45) is 1.55. The number of benzene rings is 2. The molecule has 1 aliphatic rings. The van der Waals surface area contributed by atoms with Gasteiger partial charge in [0.2, 0.25) is 0 Å². The average Bonchev–Trinajstić information content (AvgIpc) is 2.69. The van der Waals surface area contributed by atoms with Crippen molar-refractivity contribution in [3.8, 4) is 11.3 Å². The molecule has 2 aromatic carbocycles. The number of nitrogens with one attached hydrogen (secondary N) is 1. The Bertz CT molecular complexity index is 1010. The zero-order valence-corrected chi connectivity index (χ0v) is 14.4. The number of pyridine rings is 1. The Morgan fingerprint density at radius 2 is 1.73 bits per heavy atom. The summed E-state index contributed by atoms with van der Waals surface area (Å²) in [4.78, 5) is 25.3. The van der Waals surface area contributed by atoms with Crippen molar-refractivity contribution in [3.05, 3.63) is 93.8 Å². The summed E-state index contributed by atoms with van der Waals surface area (Å²) < 4.78 is 1.72. The van der Waals surface area contributed by atoms with Gasteiger partial charge in [-0.2, -0.15) is 0 Å². The number of hydrogen-bond donors (Lipinski definition) is 1. The standard InChI is InChI=1S/C22H20N2O2/c25-21(23-14-12-16-6-2-1-3-7-16)19-10-11-20-18-9-5-4-8-17(18)13-15-24(20)22(19)26/h1-11H,12-15H2,(H,23,25). The largest absolute Gasteiger partial charge is 0.352 e. The fourth-order valence-corrected chi connectivity index (χ4v) is 3.49. The summed E-state index contributed by atoms with van der Waals surface area (Å²) in [5, 5.41) is 2.86. The van der Waals surface area contributed by atoms with Gasteiger partial charge in [0.05, 0.1) is 5.69 Å². The third-order valence-electron chi connectivity index (χ3n) is 4.86. The van der Waals surface area contributed by atoms with Crippen LogP contribution in [0.15, 0.2) is 71.5 Å². The zero-order valence-electron chi connectivity index (χ0n) is 14.4. The minimum atomic E-state index is -0.305. The van der Waals surface area contributed by atoms with Gasteiger partial charge in [0.1, 0.15) is 5.56 Å². The first-order chi connectivity index (χ1) is 12.7. The molecule has 0 unspecified atom stereocenters. The fraction of sp³-hybridized carbons (Fsp3) is 0.182. The van der Waals surface area contributed by atoms with Gasteiger partial charge < -0.3 is 9.88 Å². The van der Waals surface area contributed by atoms with Crippen molar-refractivity contribution in [1.29, 1.82) is 0 Å². The molecule has 0 radical (unpaired) electrons. The highest BCUT2D eigenvalue weighted by Gasteiger charge is 2.20. The molecule has 130 valence electrons. The summed E-state index contributed by atoms with van der Waals surface area (Å²) in [7, 11) is 0. The van der Waals surface area contributed by atoms with E-state index in [9.17, 15) is 9.59 Å². The molecule has 1 amide bonds. The Morgan fingerprint density at radius 3 is 2.58 bits per heavy atom. The molecule has 2 heterocycles. The molecular formula is C22H20N2O2. The Hall–Kier alpha value is -3.14. The maximum Gasteiger partial charge on any atom is 0.263 e. The predicted octanol–water partition coefficient (Wildman–Crippen LogP) is 3.04. The highest BCUT2D eigenvalue weighted by molar-refractivity contribution is 5.94. The van der Waals surface area contributed by atoms with Crippen LogP contribution in [0.25, 0.3) is 11.3 Å². The van der Waals surface area contributed by atoms with Crippen LogP contribution in [0.4, 0.5) is 0 Å². The van der Waals surface area contributed by atoms with Crippen LogP contribution in [0.1, 0.15) is 21.5 Å². The lowest BCUT2D eigenvalue weighted by Crippen LogP contribution is -2.35. The van der Waals surface area contributed by atoms with Crippen molar-refractivity contribution in [3.63, 3.8) is 0 Å². The Labute approximate surface area is 152 Å². The van der Waals surface area contributed by atoms with E-state index in [1.807, 2.05) is 54.6 Å². The summed E-state index contributed by atoms with van der Waals surface area (Å²) in [5.74, 6) is -0.305. The molecule has 0 spiro atoms. The van der Waals surface area contributed by atoms with Crippen LogP contribution in [0.3, 0.4) is 0 Å². The number of rotatable bonds is 4. The molecule has 4 nitrogen and oxygen atoms in total. The summed E-state index contributed by atoms with van der Waals surface area (Å²) in [6, 6.07) is 21.6. The van der Waals surface area contributed by atoms with Gasteiger partial charge in [0, 0.05) is 18.7 Å². The monoisotopic (exact) mass is 344 g/mol. The van der Waals surface area contributed by atoms with Gasteiger partial charge in [-0.1, -0.05) is 54.6 Å². The minimum Gasteiger partial charge on any atom is -0.352 e. The topological polar surface area (TPSA) is 51.1 Å². The highest BCUT2D eigenvalue weighted by atomic mass is 16.2. The molecule has 0 atom stereocenters. The van der Waals surface area contributed by atoms with Gasteiger partial charge in [0.15, 0.2) is 0 Å². The van der Waals surface area contributed by atoms with E-state index in [1.54, 1.807) is 10.6 Å². The van der Waals surface area contributed by atoms with Gasteiger partial charge in [0.25, 0.3) is 11.5 Å². The third kappa shape index (κ3) is 3.06. The van der Waals surface area contributed by atoms with E-state index in [4.69, 9.17) is 0 Å². The van der Waals surface area contributed by atoms with Crippen molar-refractivity contribution in [2.75, 3.05) is 6.54 Å². The number of hydrogen-bond acceptors (Lipinski definition) is 2. The van der Waals surface area contributed by atoms with Gasteiger partial charge in [-0.3, -0.25) is 9.59 Å². The van der Waals surface area contributed by atoms with Gasteiger partial charge >= 0.3 is 0 Å². The molecular weight excluding hydrogens is 324 g/mol. The van der Waals surface area contributed by atoms with Crippen LogP contribution in [-0.2, 0) is 19.4 Å². The summed E-state index contributed by atoms with van der Waals surface area (Å²) >= 11 is 0. The molecule has 3 aromatic rings. The molecule has 26 heavy (non-hydrogen) atoms. The number of amides is 1. The molecule has 0 saturated carbocycles. The van der Waals surface area contributed by atoms with Crippen LogP contribution in [-0.4, -0.2) is 17.0 Å². The second kappa shape index (κ2) is 7.00. The number of aryl methyl sites for hydroxylation is 1. The molecule has 0 bridgehead atoms. The van der Waals surface area contributed by atoms with Crippen LogP contribution < -0.4 is 10.9 Å². The van der Waals surface area contributed by atoms with Crippen molar-refractivity contribution in [1.82, 2.24) is 9.88 Å². The molecule has 4 rings (SSSR count). The quantitative estimate of drug-likeness (QED) is 0.791. The Morgan fingerprint density at radius 1 is 0.962 bits per heavy atom. The normalized spacial score (nSPS) is 12.2. The predicted molar refractivity (Wildman–Crippen MR) is 102 cm³/mol. The summed E-state index contributed by atoms with van der Waals surface area (Å²) in [5.41, 5.74) is 4.36. The van der Waals surface area contributed by atoms with Gasteiger partial charge in [-0.05, 0) is 36.1 Å². The van der Waals surface area contributed by atoms with Crippen molar-refractivity contribution >= 4 is 5.91 Å². The molecule has 1 aliphatic heterocycles. The van der Waals surface area contributed by atoms with E-state index in [0.29, 0.717) is 13.1 Å². The smallest absolute Gasteiger partial charge is 0.263 e. The minimum absolute atomic E-state index is 0.209. The first-order valence-corrected chi connectivity index (χ1v) is 8.88. The maximum atomic E-state index is 12.8. The van der Waals surface area contributed by atoms with Crippen LogP contribution in [0, 0.1) is 0 Å². The van der Waals surface area contributed by atoms with Crippen molar-refractivity contribution < 1.29 is 4.79 Å². The van der Waals surface area contributed by atoms with E-state index in [2.05, 4.69) is 11.4 Å². The van der Waals surface area contributed by atoms with E-state index in [0.717, 1.165) is 29.7 Å². The van der Waals surface area contributed by atoms with Crippen molar-refractivity contribution in [2.45, 2.75) is 19.4 Å².